The first-order chi connectivity index (χ1) is 7.34. The number of nitrogens with zero attached hydrogens (tertiary/aromatic N) is 2. The van der Waals surface area contributed by atoms with Crippen LogP contribution in [0, 0.1) is 6.92 Å². The van der Waals surface area contributed by atoms with E-state index in [-0.39, 0.29) is 0 Å². The van der Waals surface area contributed by atoms with Crippen molar-refractivity contribution in [2.45, 2.75) is 13.5 Å². The van der Waals surface area contributed by atoms with Crippen LogP contribution in [-0.4, -0.2) is 9.97 Å². The second-order valence-electron chi connectivity index (χ2n) is 3.40. The van der Waals surface area contributed by atoms with Crippen molar-refractivity contribution in [2.75, 3.05) is 5.32 Å². The fourth-order valence-corrected chi connectivity index (χ4v) is 1.27. The molecule has 0 radical (unpaired) electrons. The zero-order valence-corrected chi connectivity index (χ0v) is 8.64. The van der Waals surface area contributed by atoms with Gasteiger partial charge in [-0.3, -0.25) is 9.97 Å². The van der Waals surface area contributed by atoms with Gasteiger partial charge in [-0.05, 0) is 30.7 Å². The summed E-state index contributed by atoms with van der Waals surface area (Å²) in [5.74, 6) is 0. The molecule has 3 heteroatoms. The van der Waals surface area contributed by atoms with E-state index in [9.17, 15) is 0 Å². The third kappa shape index (κ3) is 2.77. The first kappa shape index (κ1) is 9.65. The minimum atomic E-state index is 0.777. The number of aryl methyl sites for hydroxylation is 1. The van der Waals surface area contributed by atoms with Crippen LogP contribution in [0.1, 0.15) is 11.3 Å². The molecule has 0 fully saturated rings. The average molecular weight is 199 g/mol. The van der Waals surface area contributed by atoms with Gasteiger partial charge in [-0.15, -0.1) is 0 Å². The van der Waals surface area contributed by atoms with Gasteiger partial charge < -0.3 is 5.32 Å². The van der Waals surface area contributed by atoms with Crippen molar-refractivity contribution in [2.24, 2.45) is 0 Å². The summed E-state index contributed by atoms with van der Waals surface area (Å²) in [5, 5.41) is 3.28. The summed E-state index contributed by atoms with van der Waals surface area (Å²) in [5.41, 5.74) is 3.24. The molecule has 0 bridgehead atoms. The van der Waals surface area contributed by atoms with E-state index in [2.05, 4.69) is 21.4 Å². The van der Waals surface area contributed by atoms with Gasteiger partial charge in [-0.2, -0.15) is 0 Å². The maximum atomic E-state index is 4.24. The standard InChI is InChI=1S/C12H13N3/c1-10-4-5-11(7-14-10)8-15-12-3-2-6-13-9-12/h2-7,9,15H,8H2,1H3. The van der Waals surface area contributed by atoms with E-state index in [0.29, 0.717) is 0 Å². The third-order valence-corrected chi connectivity index (χ3v) is 2.13. The van der Waals surface area contributed by atoms with E-state index in [0.717, 1.165) is 17.9 Å². The summed E-state index contributed by atoms with van der Waals surface area (Å²) >= 11 is 0. The van der Waals surface area contributed by atoms with E-state index in [1.165, 1.54) is 5.56 Å². The molecule has 2 heterocycles. The van der Waals surface area contributed by atoms with Crippen molar-refractivity contribution in [3.8, 4) is 0 Å². The summed E-state index contributed by atoms with van der Waals surface area (Å²) in [4.78, 5) is 8.27. The Balaban J connectivity index is 1.96. The molecule has 0 saturated carbocycles. The van der Waals surface area contributed by atoms with Gasteiger partial charge in [0, 0.05) is 30.8 Å². The molecule has 0 aromatic carbocycles. The second kappa shape index (κ2) is 4.55. The maximum Gasteiger partial charge on any atom is 0.0529 e. The first-order valence-electron chi connectivity index (χ1n) is 4.90. The second-order valence-corrected chi connectivity index (χ2v) is 3.40. The molecule has 3 nitrogen and oxygen atoms in total. The molecule has 0 spiro atoms. The number of pyridine rings is 2. The highest BCUT2D eigenvalue weighted by Gasteiger charge is 1.93. The van der Waals surface area contributed by atoms with Gasteiger partial charge in [-0.25, -0.2) is 0 Å². The largest absolute Gasteiger partial charge is 0.380 e. The molecule has 0 saturated heterocycles. The van der Waals surface area contributed by atoms with Crippen LogP contribution in [0.2, 0.25) is 0 Å². The number of hydrogen-bond donors (Lipinski definition) is 1. The lowest BCUT2D eigenvalue weighted by atomic mass is 10.2. The Morgan fingerprint density at radius 1 is 1.20 bits per heavy atom. The Kier molecular flexibility index (Phi) is 2.93. The highest BCUT2D eigenvalue weighted by molar-refractivity contribution is 5.40. The summed E-state index contributed by atoms with van der Waals surface area (Å²) in [6, 6.07) is 8.00. The zero-order valence-electron chi connectivity index (χ0n) is 8.64. The Morgan fingerprint density at radius 2 is 2.13 bits per heavy atom. The summed E-state index contributed by atoms with van der Waals surface area (Å²) in [7, 11) is 0. The SMILES string of the molecule is Cc1ccc(CNc2cccnc2)cn1. The number of anilines is 1. The maximum absolute atomic E-state index is 4.24. The lowest BCUT2D eigenvalue weighted by Crippen LogP contribution is -2.00. The third-order valence-electron chi connectivity index (χ3n) is 2.13. The molecule has 2 aromatic rings. The van der Waals surface area contributed by atoms with E-state index in [1.54, 1.807) is 6.20 Å². The predicted octanol–water partition coefficient (Wildman–Crippen LogP) is 2.40. The van der Waals surface area contributed by atoms with Crippen LogP contribution in [0.25, 0.3) is 0 Å². The first-order valence-corrected chi connectivity index (χ1v) is 4.90. The van der Waals surface area contributed by atoms with Gasteiger partial charge in [0.2, 0.25) is 0 Å². The van der Waals surface area contributed by atoms with E-state index >= 15 is 0 Å². The Labute approximate surface area is 89.2 Å². The molecule has 0 aliphatic carbocycles. The molecule has 0 amide bonds. The highest BCUT2D eigenvalue weighted by atomic mass is 14.9. The van der Waals surface area contributed by atoms with Crippen molar-refractivity contribution in [3.05, 3.63) is 54.1 Å². The van der Waals surface area contributed by atoms with Crippen molar-refractivity contribution < 1.29 is 0 Å². The van der Waals surface area contributed by atoms with Gasteiger partial charge in [0.1, 0.15) is 0 Å². The van der Waals surface area contributed by atoms with Crippen molar-refractivity contribution in [3.63, 3.8) is 0 Å². The molecule has 15 heavy (non-hydrogen) atoms. The number of rotatable bonds is 3. The number of aromatic nitrogens is 2. The molecule has 0 aliphatic rings. The van der Waals surface area contributed by atoms with Crippen LogP contribution >= 0.6 is 0 Å². The molecule has 0 aliphatic heterocycles. The topological polar surface area (TPSA) is 37.8 Å². The van der Waals surface area contributed by atoms with Crippen LogP contribution in [-0.2, 0) is 6.54 Å². The van der Waals surface area contributed by atoms with Gasteiger partial charge in [0.15, 0.2) is 0 Å². The van der Waals surface area contributed by atoms with E-state index in [1.807, 2.05) is 37.5 Å². The van der Waals surface area contributed by atoms with Gasteiger partial charge in [0.25, 0.3) is 0 Å². The highest BCUT2D eigenvalue weighted by Crippen LogP contribution is 2.06. The van der Waals surface area contributed by atoms with Crippen molar-refractivity contribution in [1.29, 1.82) is 0 Å². The van der Waals surface area contributed by atoms with E-state index < -0.39 is 0 Å². The van der Waals surface area contributed by atoms with Crippen LogP contribution in [0.15, 0.2) is 42.9 Å². The molecule has 2 rings (SSSR count). The van der Waals surface area contributed by atoms with Crippen molar-refractivity contribution >= 4 is 5.69 Å². The molecule has 2 aromatic heterocycles. The average Bonchev–Trinajstić information content (AvgIpc) is 2.30. The lowest BCUT2D eigenvalue weighted by Gasteiger charge is -2.05. The molecule has 1 N–H and O–H groups in total. The zero-order chi connectivity index (χ0) is 10.5. The fraction of sp³-hybridized carbons (Fsp3) is 0.167. The van der Waals surface area contributed by atoms with Gasteiger partial charge >= 0.3 is 0 Å². The normalized spacial score (nSPS) is 9.93. The molecule has 0 atom stereocenters. The molecule has 76 valence electrons. The Morgan fingerprint density at radius 3 is 2.80 bits per heavy atom. The quantitative estimate of drug-likeness (QED) is 0.824. The molecule has 0 unspecified atom stereocenters. The van der Waals surface area contributed by atoms with Gasteiger partial charge in [-0.1, -0.05) is 6.07 Å². The minimum absolute atomic E-state index is 0.777. The van der Waals surface area contributed by atoms with Crippen LogP contribution in [0.4, 0.5) is 5.69 Å². The predicted molar refractivity (Wildman–Crippen MR) is 60.5 cm³/mol. The van der Waals surface area contributed by atoms with Crippen molar-refractivity contribution in [1.82, 2.24) is 9.97 Å². The van der Waals surface area contributed by atoms with Gasteiger partial charge in [0.05, 0.1) is 5.69 Å². The molecular formula is C12H13N3. The number of hydrogen-bond acceptors (Lipinski definition) is 3. The Bertz CT molecular complexity index is 409. The fourth-order valence-electron chi connectivity index (χ4n) is 1.27. The van der Waals surface area contributed by atoms with E-state index in [4.69, 9.17) is 0 Å². The lowest BCUT2D eigenvalue weighted by molar-refractivity contribution is 1.08. The van der Waals surface area contributed by atoms with Crippen LogP contribution < -0.4 is 5.32 Å². The minimum Gasteiger partial charge on any atom is -0.380 e. The smallest absolute Gasteiger partial charge is 0.0529 e. The molecular weight excluding hydrogens is 186 g/mol. The summed E-state index contributed by atoms with van der Waals surface area (Å²) in [6.07, 6.45) is 5.46. The van der Waals surface area contributed by atoms with Crippen LogP contribution in [0.3, 0.4) is 0 Å². The van der Waals surface area contributed by atoms with Crippen LogP contribution in [0.5, 0.6) is 0 Å². The monoisotopic (exact) mass is 199 g/mol. The summed E-state index contributed by atoms with van der Waals surface area (Å²) < 4.78 is 0. The summed E-state index contributed by atoms with van der Waals surface area (Å²) in [6.45, 7) is 2.76. The Hall–Kier alpha value is -1.90. The number of nitrogens with one attached hydrogen (secondary N) is 1.